The summed E-state index contributed by atoms with van der Waals surface area (Å²) in [5.74, 6) is -13.0. The minimum atomic E-state index is -1.08. The van der Waals surface area contributed by atoms with Crippen molar-refractivity contribution in [3.8, 4) is 46.0 Å². The van der Waals surface area contributed by atoms with E-state index in [1.165, 1.54) is 185 Å². The molecule has 40 nitrogen and oxygen atoms in total. The Bertz CT molecular complexity index is 4310. The van der Waals surface area contributed by atoms with Crippen LogP contribution in [0.3, 0.4) is 0 Å². The number of ketones is 8. The van der Waals surface area contributed by atoms with Gasteiger partial charge in [-0.3, -0.25) is 76.7 Å². The van der Waals surface area contributed by atoms with Gasteiger partial charge in [0.15, 0.2) is 46.3 Å². The summed E-state index contributed by atoms with van der Waals surface area (Å²) < 4.78 is 0. The zero-order valence-electron chi connectivity index (χ0n) is 75.0. The monoisotopic (exact) mass is 2120 g/mol. The van der Waals surface area contributed by atoms with E-state index >= 15 is 0 Å². The van der Waals surface area contributed by atoms with Gasteiger partial charge in [0.1, 0.15) is 0 Å². The van der Waals surface area contributed by atoms with Crippen molar-refractivity contribution in [1.29, 1.82) is 0 Å². The second-order valence-electron chi connectivity index (χ2n) is 26.6. The van der Waals surface area contributed by atoms with E-state index in [1.807, 2.05) is 0 Å². The Morgan fingerprint density at radius 2 is 0.254 bits per heavy atom. The zero-order chi connectivity index (χ0) is 100. The topological polar surface area (TPSA) is 644 Å². The fourth-order valence-electron chi connectivity index (χ4n) is 8.72. The smallest absolute Gasteiger partial charge is 0.872 e. The molecule has 736 valence electrons. The van der Waals surface area contributed by atoms with Crippen LogP contribution in [0.4, 0.5) is 0 Å². The molecule has 0 aromatic heterocycles. The Morgan fingerprint density at radius 3 is 0.313 bits per heavy atom. The maximum absolute atomic E-state index is 12.1. The van der Waals surface area contributed by atoms with Crippen molar-refractivity contribution in [1.82, 2.24) is 39.2 Å². The number of benzene rings is 8. The van der Waals surface area contributed by atoms with E-state index in [0.717, 1.165) is 79.0 Å². The quantitative estimate of drug-likeness (QED) is 0.102. The molecule has 0 atom stereocenters. The maximum Gasteiger partial charge on any atom is 2.00 e. The molecular formula is C88H92N8Ni6O32. The van der Waals surface area contributed by atoms with Crippen LogP contribution in [0.5, 0.6) is 46.0 Å². The molecule has 0 radical (unpaired) electrons. The van der Waals surface area contributed by atoms with E-state index in [9.17, 15) is 118 Å². The van der Waals surface area contributed by atoms with Gasteiger partial charge in [-0.15, -0.1) is 0 Å². The van der Waals surface area contributed by atoms with Crippen molar-refractivity contribution in [3.05, 3.63) is 235 Å². The van der Waals surface area contributed by atoms with Crippen LogP contribution in [-0.4, -0.2) is 273 Å². The number of hydrogen-bond donors (Lipinski definition) is 0. The first-order valence-electron chi connectivity index (χ1n) is 36.0. The molecule has 0 saturated heterocycles. The summed E-state index contributed by atoms with van der Waals surface area (Å²) in [5.41, 5.74) is -0.971. The van der Waals surface area contributed by atoms with Crippen LogP contribution in [-0.2, 0) is 156 Å². The van der Waals surface area contributed by atoms with Gasteiger partial charge in [0, 0.05) is 226 Å². The van der Waals surface area contributed by atoms with Gasteiger partial charge < -0.3 is 120 Å². The van der Waals surface area contributed by atoms with Crippen molar-refractivity contribution in [3.63, 3.8) is 0 Å². The molecule has 0 bridgehead atoms. The number of hydrogen-bond acceptors (Lipinski definition) is 32. The Labute approximate surface area is 832 Å². The zero-order valence-corrected chi connectivity index (χ0v) is 80.9. The Hall–Kier alpha value is -13.9. The third kappa shape index (κ3) is 51.1. The molecule has 0 fully saturated rings. The van der Waals surface area contributed by atoms with Crippen molar-refractivity contribution in [2.75, 3.05) is 113 Å². The van der Waals surface area contributed by atoms with Crippen molar-refractivity contribution in [2.45, 2.75) is 27.7 Å². The largest absolute Gasteiger partial charge is 2.00 e. The van der Waals surface area contributed by atoms with Gasteiger partial charge in [-0.2, -0.15) is 0 Å². The first-order valence-corrected chi connectivity index (χ1v) is 36.0. The fourth-order valence-corrected chi connectivity index (χ4v) is 8.72. The molecule has 0 spiro atoms. The van der Waals surface area contributed by atoms with E-state index in [0.29, 0.717) is 0 Å². The van der Waals surface area contributed by atoms with E-state index in [1.54, 1.807) is 113 Å². The number of aliphatic carboxylic acids is 4. The number of carbonyl (C=O) groups excluding carboxylic acids is 20. The summed E-state index contributed by atoms with van der Waals surface area (Å²) in [6.07, 6.45) is 6.00. The Morgan fingerprint density at radius 1 is 0.187 bits per heavy atom. The van der Waals surface area contributed by atoms with E-state index < -0.39 is 116 Å². The molecule has 12 rings (SSSR count). The molecule has 0 N–H and O–H groups in total. The number of nitrogens with zero attached hydrogens (tertiary/aromatic N) is 8. The Balaban J connectivity index is -0.000000160. The molecule has 0 unspecified atom stereocenters. The van der Waals surface area contributed by atoms with E-state index in [-0.39, 0.29) is 188 Å². The predicted octanol–water partition coefficient (Wildman–Crippen LogP) is -4.92. The van der Waals surface area contributed by atoms with Crippen LogP contribution in [0.2, 0.25) is 0 Å². The third-order valence-electron chi connectivity index (χ3n) is 13.7. The average Bonchev–Trinajstić information content (AvgIpc) is 0.768. The van der Waals surface area contributed by atoms with Crippen LogP contribution >= 0.6 is 0 Å². The van der Waals surface area contributed by atoms with Gasteiger partial charge in [0.25, 0.3) is 0 Å². The predicted molar refractivity (Wildman–Crippen MR) is 435 cm³/mol. The Kier molecular flexibility index (Phi) is 77.4. The number of rotatable bonds is 8. The average molecular weight is 2130 g/mol. The summed E-state index contributed by atoms with van der Waals surface area (Å²) in [7, 11) is 27.0. The van der Waals surface area contributed by atoms with Gasteiger partial charge in [-0.1, -0.05) is 192 Å². The molecule has 0 aliphatic heterocycles. The molecular weight excluding hydrogens is 2030 g/mol. The summed E-state index contributed by atoms with van der Waals surface area (Å²) >= 11 is 0. The molecule has 134 heavy (non-hydrogen) atoms. The minimum Gasteiger partial charge on any atom is -0.872 e. The number of carboxylic acid groups (broad SMARTS) is 4. The SMILES string of the molecule is CC(=O)[O-].CC(=O)[O-].CC(=O)[O-].CC(=O)[O-].CN(C)C=O.CN(C)C=O.CN(C)C=O.CN(C)C=O.CN(C)C=O.CN(C)C=O.CN(C)C=O.CN(C)C=O.O=C1c2cccc([O-])c2C(=O)c2c([O-])cccc21.O=C1c2cccc([O-])c2C(=O)c2c([O-])cccc21.O=C1c2cccc([O-])c2C(=O)c2c([O-])cccc21.O=C1c2cccc([O-])c2C(=O)c2c([O-])cccc21.[Ni+2].[Ni+2].[Ni+2].[Ni+2].[Ni+2].[Ni+2]. The standard InChI is InChI=1S/4C14H8O4.8C3H7NO.4C2H4O2.6Ni/c4*15-9-5-1-3-7-11(9)14(18)12-8(13(7)17)4-2-6-10(12)16;8*1-4(2)3-5;4*1-2(3)4;;;;;;/h4*1-6,15-16H;8*3H,1-2H3;4*1H3,(H,3,4);;;;;;/q;;;;;;;;;;;;;;;;6*+2/p-12. The van der Waals surface area contributed by atoms with Gasteiger partial charge in [0.2, 0.25) is 51.3 Å². The number of amides is 8. The van der Waals surface area contributed by atoms with Gasteiger partial charge >= 0.3 is 98.9 Å². The van der Waals surface area contributed by atoms with Crippen molar-refractivity contribution in [2.24, 2.45) is 0 Å². The number of fused-ring (bicyclic) bond motifs is 8. The summed E-state index contributed by atoms with van der Waals surface area (Å²) in [4.78, 5) is 220. The molecule has 4 aliphatic carbocycles. The maximum atomic E-state index is 12.1. The van der Waals surface area contributed by atoms with Crippen LogP contribution in [0, 0.1) is 0 Å². The van der Waals surface area contributed by atoms with E-state index in [2.05, 4.69) is 0 Å². The molecule has 0 heterocycles. The molecule has 8 aromatic carbocycles. The molecule has 8 amide bonds. The molecule has 4 aliphatic rings. The molecule has 46 heteroatoms. The molecule has 0 saturated carbocycles. The van der Waals surface area contributed by atoms with Crippen LogP contribution in [0.25, 0.3) is 0 Å². The summed E-state index contributed by atoms with van der Waals surface area (Å²) in [5, 5.41) is 129. The molecule has 8 aromatic rings. The first kappa shape index (κ1) is 141. The van der Waals surface area contributed by atoms with Gasteiger partial charge in [-0.05, 0) is 27.7 Å². The fraction of sp³-hybridized carbons (Fsp3) is 0.227. The van der Waals surface area contributed by atoms with Crippen molar-refractivity contribution >= 4 is 121 Å². The second kappa shape index (κ2) is 73.7. The third-order valence-corrected chi connectivity index (χ3v) is 13.7. The van der Waals surface area contributed by atoms with E-state index in [4.69, 9.17) is 39.6 Å². The summed E-state index contributed by atoms with van der Waals surface area (Å²) in [6, 6.07) is 32.5. The first-order chi connectivity index (χ1) is 59.5. The minimum absolute atomic E-state index is 0. The summed E-state index contributed by atoms with van der Waals surface area (Å²) in [6.45, 7) is 3.89. The van der Waals surface area contributed by atoms with Crippen LogP contribution < -0.4 is 61.3 Å². The number of carbonyl (C=O) groups is 20. The van der Waals surface area contributed by atoms with Gasteiger partial charge in [0.05, 0.1) is 0 Å². The normalized spacial score (nSPS) is 9.82. The van der Waals surface area contributed by atoms with Gasteiger partial charge in [-0.25, -0.2) is 0 Å². The van der Waals surface area contributed by atoms with Crippen LogP contribution in [0.15, 0.2) is 146 Å². The van der Waals surface area contributed by atoms with Crippen LogP contribution in [0.1, 0.15) is 155 Å². The van der Waals surface area contributed by atoms with Crippen molar-refractivity contribution < 1.29 is 256 Å². The number of carboxylic acids is 4. The second-order valence-corrected chi connectivity index (χ2v) is 26.6.